The van der Waals surface area contributed by atoms with Crippen LogP contribution in [-0.2, 0) is 0 Å². The predicted molar refractivity (Wildman–Crippen MR) is 40.5 cm³/mol. The Hall–Kier alpha value is -1.44. The summed E-state index contributed by atoms with van der Waals surface area (Å²) in [5.41, 5.74) is 0. The summed E-state index contributed by atoms with van der Waals surface area (Å²) in [6.07, 6.45) is 3.60. The van der Waals surface area contributed by atoms with E-state index in [1.165, 1.54) is 12.1 Å². The molecule has 1 aromatic heterocycles. The lowest BCUT2D eigenvalue weighted by Gasteiger charge is -1.91. The molecule has 0 radical (unpaired) electrons. The molecule has 2 heteroatoms. The van der Waals surface area contributed by atoms with Gasteiger partial charge in [-0.2, -0.15) is 0 Å². The molecule has 0 saturated carbocycles. The van der Waals surface area contributed by atoms with Crippen molar-refractivity contribution in [1.29, 1.82) is 0 Å². The standard InChI is InChI=1S/C9H6FN/c10-9-2-1-7-3-4-11-6-8(7)5-9/h1-6H/p+1. The molecule has 0 amide bonds. The van der Waals surface area contributed by atoms with Gasteiger partial charge in [-0.1, -0.05) is 6.07 Å². The van der Waals surface area contributed by atoms with E-state index in [1.807, 2.05) is 12.3 Å². The van der Waals surface area contributed by atoms with Gasteiger partial charge in [-0.05, 0) is 17.5 Å². The van der Waals surface area contributed by atoms with Gasteiger partial charge in [-0.15, -0.1) is 0 Å². The molecule has 0 aliphatic carbocycles. The topological polar surface area (TPSA) is 14.1 Å². The number of rotatable bonds is 0. The molecule has 54 valence electrons. The zero-order valence-corrected chi connectivity index (χ0v) is 5.84. The second kappa shape index (κ2) is 2.31. The summed E-state index contributed by atoms with van der Waals surface area (Å²) in [6.45, 7) is 0. The summed E-state index contributed by atoms with van der Waals surface area (Å²) < 4.78 is 12.6. The van der Waals surface area contributed by atoms with Gasteiger partial charge in [0.1, 0.15) is 5.82 Å². The lowest BCUT2D eigenvalue weighted by Crippen LogP contribution is -1.97. The van der Waals surface area contributed by atoms with Crippen LogP contribution < -0.4 is 4.98 Å². The molecule has 0 saturated heterocycles. The quantitative estimate of drug-likeness (QED) is 0.540. The third-order valence-corrected chi connectivity index (χ3v) is 1.65. The maximum absolute atomic E-state index is 12.6. The summed E-state index contributed by atoms with van der Waals surface area (Å²) >= 11 is 0. The molecule has 0 bridgehead atoms. The molecular weight excluding hydrogens is 141 g/mol. The van der Waals surface area contributed by atoms with Crippen LogP contribution in [0.3, 0.4) is 0 Å². The van der Waals surface area contributed by atoms with Crippen LogP contribution in [0.25, 0.3) is 10.8 Å². The van der Waals surface area contributed by atoms with E-state index in [4.69, 9.17) is 0 Å². The molecule has 0 unspecified atom stereocenters. The first-order valence-electron chi connectivity index (χ1n) is 3.42. The number of halogens is 1. The predicted octanol–water partition coefficient (Wildman–Crippen LogP) is 1.79. The summed E-state index contributed by atoms with van der Waals surface area (Å²) in [5, 5.41) is 1.94. The van der Waals surface area contributed by atoms with Gasteiger partial charge in [0.15, 0.2) is 12.4 Å². The Morgan fingerprint density at radius 1 is 1.09 bits per heavy atom. The SMILES string of the molecule is Fc1ccc2cc[nH+]cc2c1. The van der Waals surface area contributed by atoms with E-state index in [9.17, 15) is 4.39 Å². The van der Waals surface area contributed by atoms with Gasteiger partial charge in [-0.3, -0.25) is 0 Å². The number of aromatic amines is 1. The molecule has 0 aliphatic heterocycles. The molecule has 0 spiro atoms. The Kier molecular flexibility index (Phi) is 1.32. The molecule has 1 nitrogen and oxygen atoms in total. The molecule has 0 fully saturated rings. The van der Waals surface area contributed by atoms with Crippen molar-refractivity contribution in [1.82, 2.24) is 0 Å². The number of nitrogens with one attached hydrogen (secondary N) is 1. The van der Waals surface area contributed by atoms with Crippen LogP contribution in [-0.4, -0.2) is 0 Å². The first-order chi connectivity index (χ1) is 5.36. The van der Waals surface area contributed by atoms with Crippen molar-refractivity contribution >= 4 is 10.8 Å². The highest BCUT2D eigenvalue weighted by molar-refractivity contribution is 5.80. The minimum atomic E-state index is -0.197. The van der Waals surface area contributed by atoms with Crippen LogP contribution in [0.4, 0.5) is 4.39 Å². The fourth-order valence-electron chi connectivity index (χ4n) is 1.10. The molecule has 2 aromatic rings. The fourth-order valence-corrected chi connectivity index (χ4v) is 1.10. The molecule has 2 rings (SSSR count). The Balaban J connectivity index is 2.83. The minimum absolute atomic E-state index is 0.197. The number of aromatic nitrogens is 1. The van der Waals surface area contributed by atoms with Crippen LogP contribution in [0.15, 0.2) is 36.7 Å². The number of H-pyrrole nitrogens is 1. The monoisotopic (exact) mass is 148 g/mol. The second-order valence-corrected chi connectivity index (χ2v) is 2.42. The van der Waals surface area contributed by atoms with Gasteiger partial charge in [0.05, 0.1) is 0 Å². The summed E-state index contributed by atoms with van der Waals surface area (Å²) in [4.78, 5) is 2.90. The van der Waals surface area contributed by atoms with E-state index in [-0.39, 0.29) is 5.82 Å². The van der Waals surface area contributed by atoms with Crippen molar-refractivity contribution in [3.63, 3.8) is 0 Å². The summed E-state index contributed by atoms with van der Waals surface area (Å²) in [7, 11) is 0. The average Bonchev–Trinajstić information content (AvgIpc) is 2.04. The van der Waals surface area contributed by atoms with Gasteiger partial charge in [0, 0.05) is 11.5 Å². The van der Waals surface area contributed by atoms with Gasteiger partial charge in [0.25, 0.3) is 0 Å². The molecule has 1 N–H and O–H groups in total. The Bertz CT molecular complexity index is 384. The number of pyridine rings is 1. The van der Waals surface area contributed by atoms with Crippen molar-refractivity contribution < 1.29 is 9.37 Å². The first-order valence-corrected chi connectivity index (χ1v) is 3.42. The van der Waals surface area contributed by atoms with E-state index in [0.717, 1.165) is 10.8 Å². The van der Waals surface area contributed by atoms with Gasteiger partial charge < -0.3 is 0 Å². The van der Waals surface area contributed by atoms with Crippen LogP contribution in [0.2, 0.25) is 0 Å². The highest BCUT2D eigenvalue weighted by atomic mass is 19.1. The smallest absolute Gasteiger partial charge is 0.174 e. The van der Waals surface area contributed by atoms with E-state index >= 15 is 0 Å². The number of hydrogen-bond donors (Lipinski definition) is 0. The van der Waals surface area contributed by atoms with Gasteiger partial charge in [0.2, 0.25) is 0 Å². The normalized spacial score (nSPS) is 10.3. The zero-order chi connectivity index (χ0) is 7.68. The van der Waals surface area contributed by atoms with Crippen molar-refractivity contribution in [2.45, 2.75) is 0 Å². The average molecular weight is 148 g/mol. The van der Waals surface area contributed by atoms with E-state index in [0.29, 0.717) is 0 Å². The molecule has 11 heavy (non-hydrogen) atoms. The maximum Gasteiger partial charge on any atom is 0.174 e. The van der Waals surface area contributed by atoms with E-state index < -0.39 is 0 Å². The second-order valence-electron chi connectivity index (χ2n) is 2.42. The lowest BCUT2D eigenvalue weighted by molar-refractivity contribution is -0.375. The van der Waals surface area contributed by atoms with Gasteiger partial charge >= 0.3 is 0 Å². The number of benzene rings is 1. The van der Waals surface area contributed by atoms with Gasteiger partial charge in [-0.25, -0.2) is 9.37 Å². The highest BCUT2D eigenvalue weighted by Crippen LogP contribution is 2.11. The van der Waals surface area contributed by atoms with Crippen LogP contribution in [0.5, 0.6) is 0 Å². The van der Waals surface area contributed by atoms with Crippen molar-refractivity contribution in [2.24, 2.45) is 0 Å². The summed E-state index contributed by atoms with van der Waals surface area (Å²) in [5.74, 6) is -0.197. The number of fused-ring (bicyclic) bond motifs is 1. The highest BCUT2D eigenvalue weighted by Gasteiger charge is 1.95. The largest absolute Gasteiger partial charge is 0.217 e. The zero-order valence-electron chi connectivity index (χ0n) is 5.84. The minimum Gasteiger partial charge on any atom is -0.217 e. The molecule has 0 atom stereocenters. The van der Waals surface area contributed by atoms with E-state index in [2.05, 4.69) is 4.98 Å². The van der Waals surface area contributed by atoms with Crippen LogP contribution in [0.1, 0.15) is 0 Å². The van der Waals surface area contributed by atoms with Crippen LogP contribution >= 0.6 is 0 Å². The third kappa shape index (κ3) is 1.07. The Morgan fingerprint density at radius 3 is 2.91 bits per heavy atom. The fraction of sp³-hybridized carbons (Fsp3) is 0. The molecular formula is C9H7FN+. The lowest BCUT2D eigenvalue weighted by atomic mass is 10.2. The van der Waals surface area contributed by atoms with Crippen molar-refractivity contribution in [2.75, 3.05) is 0 Å². The summed E-state index contributed by atoms with van der Waals surface area (Å²) in [6, 6.07) is 6.64. The van der Waals surface area contributed by atoms with Crippen LogP contribution in [0, 0.1) is 5.82 Å². The molecule has 1 heterocycles. The van der Waals surface area contributed by atoms with Crippen molar-refractivity contribution in [3.05, 3.63) is 42.5 Å². The first kappa shape index (κ1) is 6.28. The number of hydrogen-bond acceptors (Lipinski definition) is 0. The maximum atomic E-state index is 12.6. The molecule has 1 aromatic carbocycles. The third-order valence-electron chi connectivity index (χ3n) is 1.65. The Morgan fingerprint density at radius 2 is 2.00 bits per heavy atom. The Labute approximate surface area is 63.5 Å². The molecule has 0 aliphatic rings. The van der Waals surface area contributed by atoms with E-state index in [1.54, 1.807) is 12.3 Å². The van der Waals surface area contributed by atoms with Crippen molar-refractivity contribution in [3.8, 4) is 0 Å².